The van der Waals surface area contributed by atoms with Gasteiger partial charge in [0.15, 0.2) is 0 Å². The van der Waals surface area contributed by atoms with Gasteiger partial charge in [0.1, 0.15) is 5.75 Å². The third kappa shape index (κ3) is 3.85. The lowest BCUT2D eigenvalue weighted by Crippen LogP contribution is -2.75. The van der Waals surface area contributed by atoms with Crippen molar-refractivity contribution in [1.29, 1.82) is 0 Å². The molecule has 34 heavy (non-hydrogen) atoms. The number of piperazine rings is 1. The van der Waals surface area contributed by atoms with Gasteiger partial charge in [0.25, 0.3) is 5.91 Å². The number of fused-ring (bicyclic) bond motifs is 2. The van der Waals surface area contributed by atoms with Crippen LogP contribution in [-0.4, -0.2) is 69.5 Å². The maximum Gasteiger partial charge on any atom is 0.253 e. The molecule has 180 valence electrons. The molecule has 4 unspecified atom stereocenters. The molecule has 0 radical (unpaired) electrons. The number of carbonyl (C=O) groups excluding carboxylic acids is 1. The molecule has 5 aliphatic heterocycles. The smallest absolute Gasteiger partial charge is 0.253 e. The number of benzene rings is 2. The van der Waals surface area contributed by atoms with Gasteiger partial charge in [-0.25, -0.2) is 0 Å². The van der Waals surface area contributed by atoms with Gasteiger partial charge in [0.05, 0.1) is 6.04 Å². The van der Waals surface area contributed by atoms with Crippen LogP contribution in [0.25, 0.3) is 0 Å². The minimum Gasteiger partial charge on any atom is -0.508 e. The largest absolute Gasteiger partial charge is 0.508 e. The number of hydrogen-bond acceptors (Lipinski definition) is 4. The summed E-state index contributed by atoms with van der Waals surface area (Å²) in [4.78, 5) is 20.2. The van der Waals surface area contributed by atoms with Crippen molar-refractivity contribution < 1.29 is 9.90 Å². The van der Waals surface area contributed by atoms with Gasteiger partial charge in [-0.05, 0) is 74.9 Å². The van der Waals surface area contributed by atoms with Gasteiger partial charge < -0.3 is 10.0 Å². The molecule has 2 aromatic rings. The van der Waals surface area contributed by atoms with Crippen LogP contribution in [0.5, 0.6) is 5.75 Å². The van der Waals surface area contributed by atoms with Crippen molar-refractivity contribution in [3.8, 4) is 5.75 Å². The third-order valence-corrected chi connectivity index (χ3v) is 8.37. The van der Waals surface area contributed by atoms with Crippen LogP contribution in [0.1, 0.15) is 67.1 Å². The second-order valence-corrected chi connectivity index (χ2v) is 9.95. The van der Waals surface area contributed by atoms with Crippen molar-refractivity contribution in [2.24, 2.45) is 0 Å². The standard InChI is InChI=1S/C29H37N3O2/c1-4-18-31-24-14-16-26-25(31)15-17-27(24)32(26)28(22-8-7-9-23(33)19-22)20-10-12-21(13-11-20)29(34)30(5-2)6-3/h4,7-13,19,24-28,33H,1,5-6,14-18H2,2-3H3/t24?,25?,26-,27?,28?/m0/s1. The second kappa shape index (κ2) is 9.55. The van der Waals surface area contributed by atoms with Gasteiger partial charge in [-0.1, -0.05) is 30.3 Å². The van der Waals surface area contributed by atoms with Crippen molar-refractivity contribution in [1.82, 2.24) is 14.7 Å². The van der Waals surface area contributed by atoms with Crippen LogP contribution in [0.2, 0.25) is 0 Å². The van der Waals surface area contributed by atoms with E-state index >= 15 is 0 Å². The van der Waals surface area contributed by atoms with Crippen LogP contribution in [0, 0.1) is 0 Å². The number of phenolic OH excluding ortho intramolecular Hbond substituents is 1. The highest BCUT2D eigenvalue weighted by Gasteiger charge is 2.56. The van der Waals surface area contributed by atoms with E-state index in [0.717, 1.165) is 17.7 Å². The molecule has 1 amide bonds. The summed E-state index contributed by atoms with van der Waals surface area (Å²) >= 11 is 0. The first kappa shape index (κ1) is 23.1. The molecule has 5 nitrogen and oxygen atoms in total. The predicted molar refractivity (Wildman–Crippen MR) is 136 cm³/mol. The monoisotopic (exact) mass is 459 g/mol. The van der Waals surface area contributed by atoms with E-state index in [-0.39, 0.29) is 11.9 Å². The molecule has 1 N–H and O–H groups in total. The van der Waals surface area contributed by atoms with Crippen LogP contribution in [0.3, 0.4) is 0 Å². The Balaban J connectivity index is 1.52. The number of piperidine rings is 4. The second-order valence-electron chi connectivity index (χ2n) is 9.95. The SMILES string of the molecule is C=CCN1C2CC[C@H]3C1CCC2N3C(c1ccc(C(=O)N(CC)CC)cc1)c1cccc(O)c1. The Bertz CT molecular complexity index is 1010. The first-order valence-electron chi connectivity index (χ1n) is 12.9. The Labute approximate surface area is 203 Å². The first-order chi connectivity index (χ1) is 16.6. The summed E-state index contributed by atoms with van der Waals surface area (Å²) in [6, 6.07) is 18.1. The lowest BCUT2D eigenvalue weighted by atomic mass is 9.69. The maximum absolute atomic E-state index is 12.9. The molecular weight excluding hydrogens is 422 g/mol. The summed E-state index contributed by atoms with van der Waals surface area (Å²) in [5, 5.41) is 10.3. The molecule has 0 saturated carbocycles. The first-order valence-corrected chi connectivity index (χ1v) is 12.9. The molecule has 0 aromatic heterocycles. The number of rotatable bonds is 8. The van der Waals surface area contributed by atoms with Crippen LogP contribution < -0.4 is 0 Å². The Morgan fingerprint density at radius 1 is 1.00 bits per heavy atom. The molecule has 5 aliphatic rings. The molecule has 5 heteroatoms. The summed E-state index contributed by atoms with van der Waals surface area (Å²) in [5.41, 5.74) is 3.05. The fraction of sp³-hybridized carbons (Fsp3) is 0.483. The van der Waals surface area contributed by atoms with Crippen molar-refractivity contribution in [3.63, 3.8) is 0 Å². The van der Waals surface area contributed by atoms with E-state index < -0.39 is 0 Å². The zero-order valence-electron chi connectivity index (χ0n) is 20.4. The van der Waals surface area contributed by atoms with Crippen molar-refractivity contribution >= 4 is 5.91 Å². The van der Waals surface area contributed by atoms with Gasteiger partial charge in [0.2, 0.25) is 0 Å². The summed E-state index contributed by atoms with van der Waals surface area (Å²) in [6.45, 7) is 10.4. The van der Waals surface area contributed by atoms with Gasteiger partial charge in [-0.3, -0.25) is 14.6 Å². The number of amides is 1. The maximum atomic E-state index is 12.9. The highest BCUT2D eigenvalue weighted by atomic mass is 16.3. The fourth-order valence-electron chi connectivity index (χ4n) is 6.95. The van der Waals surface area contributed by atoms with Crippen LogP contribution >= 0.6 is 0 Å². The van der Waals surface area contributed by atoms with Gasteiger partial charge in [-0.15, -0.1) is 6.58 Å². The molecule has 5 saturated heterocycles. The highest BCUT2D eigenvalue weighted by Crippen LogP contribution is 2.50. The number of hydrogen-bond donors (Lipinski definition) is 1. The Hall–Kier alpha value is -2.63. The Morgan fingerprint density at radius 3 is 2.18 bits per heavy atom. The molecule has 2 aromatic carbocycles. The van der Waals surface area contributed by atoms with Gasteiger partial charge in [0, 0.05) is 49.4 Å². The van der Waals surface area contributed by atoms with Crippen LogP contribution in [0.15, 0.2) is 61.2 Å². The number of carbonyl (C=O) groups is 1. The molecular formula is C29H37N3O2. The molecule has 5 fully saturated rings. The number of nitrogens with zero attached hydrogens (tertiary/aromatic N) is 3. The number of phenols is 1. The summed E-state index contributed by atoms with van der Waals surface area (Å²) in [6.07, 6.45) is 6.99. The highest BCUT2D eigenvalue weighted by molar-refractivity contribution is 5.94. The average Bonchev–Trinajstić information content (AvgIpc) is 2.85. The van der Waals surface area contributed by atoms with Crippen molar-refractivity contribution in [3.05, 3.63) is 77.9 Å². The molecule has 0 aliphatic carbocycles. The zero-order chi connectivity index (χ0) is 23.8. The van der Waals surface area contributed by atoms with E-state index in [9.17, 15) is 9.90 Å². The van der Waals surface area contributed by atoms with Crippen molar-refractivity contribution in [2.45, 2.75) is 69.7 Å². The zero-order valence-corrected chi connectivity index (χ0v) is 20.4. The third-order valence-electron chi connectivity index (χ3n) is 8.37. The fourth-order valence-corrected chi connectivity index (χ4v) is 6.95. The lowest BCUT2D eigenvalue weighted by molar-refractivity contribution is -0.151. The van der Waals surface area contributed by atoms with E-state index in [1.165, 1.54) is 31.2 Å². The Kier molecular flexibility index (Phi) is 6.50. The average molecular weight is 460 g/mol. The normalized spacial score (nSPS) is 27.0. The van der Waals surface area contributed by atoms with E-state index in [4.69, 9.17) is 0 Å². The summed E-state index contributed by atoms with van der Waals surface area (Å²) in [5.74, 6) is 0.387. The van der Waals surface area contributed by atoms with Crippen LogP contribution in [-0.2, 0) is 0 Å². The van der Waals surface area contributed by atoms with E-state index in [0.29, 0.717) is 43.0 Å². The van der Waals surface area contributed by atoms with E-state index in [1.807, 2.05) is 43.0 Å². The quantitative estimate of drug-likeness (QED) is 0.575. The summed E-state index contributed by atoms with van der Waals surface area (Å²) < 4.78 is 0. The molecule has 7 rings (SSSR count). The molecule has 4 bridgehead atoms. The minimum absolute atomic E-state index is 0.0659. The van der Waals surface area contributed by atoms with Gasteiger partial charge >= 0.3 is 0 Å². The number of aromatic hydroxyl groups is 1. The summed E-state index contributed by atoms with van der Waals surface area (Å²) in [7, 11) is 0. The van der Waals surface area contributed by atoms with Crippen LogP contribution in [0.4, 0.5) is 0 Å². The molecule has 5 atom stereocenters. The topological polar surface area (TPSA) is 47.0 Å². The van der Waals surface area contributed by atoms with Gasteiger partial charge in [-0.2, -0.15) is 0 Å². The van der Waals surface area contributed by atoms with Crippen molar-refractivity contribution in [2.75, 3.05) is 19.6 Å². The predicted octanol–water partition coefficient (Wildman–Crippen LogP) is 4.83. The molecule has 5 heterocycles. The Morgan fingerprint density at radius 2 is 1.62 bits per heavy atom. The minimum atomic E-state index is 0.0659. The molecule has 0 spiro atoms. The van der Waals surface area contributed by atoms with E-state index in [1.54, 1.807) is 6.07 Å². The lowest BCUT2D eigenvalue weighted by Gasteiger charge is -2.66. The van der Waals surface area contributed by atoms with E-state index in [2.05, 4.69) is 40.7 Å².